The van der Waals surface area contributed by atoms with Crippen molar-refractivity contribution in [1.82, 2.24) is 0 Å². The molecule has 1 aliphatic rings. The molecule has 0 unspecified atom stereocenters. The minimum atomic E-state index is -0.499. The molecule has 102 valence electrons. The highest BCUT2D eigenvalue weighted by Crippen LogP contribution is 2.30. The number of ether oxygens (including phenoxy) is 1. The summed E-state index contributed by atoms with van der Waals surface area (Å²) in [4.78, 5) is 21.9. The molecule has 19 heavy (non-hydrogen) atoms. The third-order valence-corrected chi connectivity index (χ3v) is 3.42. The van der Waals surface area contributed by atoms with Crippen LogP contribution in [-0.2, 0) is 4.74 Å². The van der Waals surface area contributed by atoms with Crippen LogP contribution in [0.3, 0.4) is 0 Å². The maximum atomic E-state index is 11.4. The van der Waals surface area contributed by atoms with E-state index in [0.717, 1.165) is 12.8 Å². The molecule has 1 aromatic carbocycles. The first-order chi connectivity index (χ1) is 9.11. The summed E-state index contributed by atoms with van der Waals surface area (Å²) in [5, 5.41) is 14.0. The molecule has 0 amide bonds. The average Bonchev–Trinajstić information content (AvgIpc) is 2.35. The van der Waals surface area contributed by atoms with Gasteiger partial charge in [-0.15, -0.1) is 0 Å². The van der Waals surface area contributed by atoms with Gasteiger partial charge in [0, 0.05) is 12.6 Å². The van der Waals surface area contributed by atoms with E-state index >= 15 is 0 Å². The van der Waals surface area contributed by atoms with E-state index in [-0.39, 0.29) is 5.69 Å². The topological polar surface area (TPSA) is 81.5 Å². The van der Waals surface area contributed by atoms with Crippen LogP contribution >= 0.6 is 0 Å². The van der Waals surface area contributed by atoms with Crippen molar-refractivity contribution in [2.45, 2.75) is 19.3 Å². The van der Waals surface area contributed by atoms with Crippen LogP contribution in [0.2, 0.25) is 0 Å². The van der Waals surface area contributed by atoms with Crippen molar-refractivity contribution in [2.75, 3.05) is 19.0 Å². The summed E-state index contributed by atoms with van der Waals surface area (Å²) in [6, 6.07) is 4.20. The van der Waals surface area contributed by atoms with Crippen LogP contribution in [0.1, 0.15) is 29.6 Å². The second-order valence-corrected chi connectivity index (χ2v) is 4.66. The summed E-state index contributed by atoms with van der Waals surface area (Å²) in [7, 11) is 1.28. The Hall–Kier alpha value is -2.11. The molecule has 0 atom stereocenters. The van der Waals surface area contributed by atoms with Crippen molar-refractivity contribution in [2.24, 2.45) is 5.92 Å². The van der Waals surface area contributed by atoms with Crippen LogP contribution in [-0.4, -0.2) is 24.5 Å². The molecule has 1 aliphatic carbocycles. The summed E-state index contributed by atoms with van der Waals surface area (Å²) < 4.78 is 4.61. The fourth-order valence-electron chi connectivity index (χ4n) is 2.03. The smallest absolute Gasteiger partial charge is 0.337 e. The number of benzene rings is 1. The first-order valence-electron chi connectivity index (χ1n) is 6.22. The number of carbonyl (C=O) groups is 1. The number of esters is 1. The minimum Gasteiger partial charge on any atom is -0.465 e. The van der Waals surface area contributed by atoms with E-state index in [0.29, 0.717) is 23.7 Å². The summed E-state index contributed by atoms with van der Waals surface area (Å²) in [5.74, 6) is 0.0722. The number of nitrogens with one attached hydrogen (secondary N) is 1. The van der Waals surface area contributed by atoms with E-state index in [1.165, 1.54) is 31.7 Å². The Bertz CT molecular complexity index is 497. The van der Waals surface area contributed by atoms with Gasteiger partial charge in [0.2, 0.25) is 0 Å². The van der Waals surface area contributed by atoms with E-state index in [1.54, 1.807) is 0 Å². The van der Waals surface area contributed by atoms with Crippen molar-refractivity contribution in [3.05, 3.63) is 33.9 Å². The molecule has 6 heteroatoms. The average molecular weight is 264 g/mol. The van der Waals surface area contributed by atoms with Crippen LogP contribution in [0, 0.1) is 16.0 Å². The van der Waals surface area contributed by atoms with Crippen LogP contribution in [0.4, 0.5) is 11.4 Å². The molecule has 0 radical (unpaired) electrons. The van der Waals surface area contributed by atoms with Crippen LogP contribution < -0.4 is 5.32 Å². The van der Waals surface area contributed by atoms with Gasteiger partial charge in [-0.05, 0) is 30.9 Å². The van der Waals surface area contributed by atoms with Gasteiger partial charge in [-0.1, -0.05) is 6.42 Å². The quantitative estimate of drug-likeness (QED) is 0.502. The molecule has 1 fully saturated rings. The Balaban J connectivity index is 2.19. The number of nitro groups is 1. The minimum absolute atomic E-state index is 0.0213. The zero-order valence-corrected chi connectivity index (χ0v) is 10.7. The SMILES string of the molecule is COC(=O)c1ccc([N+](=O)[O-])c(NCC2CCC2)c1. The highest BCUT2D eigenvalue weighted by atomic mass is 16.6. The van der Waals surface area contributed by atoms with Gasteiger partial charge in [-0.2, -0.15) is 0 Å². The van der Waals surface area contributed by atoms with Gasteiger partial charge < -0.3 is 10.1 Å². The molecule has 0 spiro atoms. The number of carbonyl (C=O) groups excluding carboxylic acids is 1. The highest BCUT2D eigenvalue weighted by molar-refractivity contribution is 5.91. The Morgan fingerprint density at radius 3 is 2.79 bits per heavy atom. The van der Waals surface area contributed by atoms with Crippen molar-refractivity contribution in [3.8, 4) is 0 Å². The maximum Gasteiger partial charge on any atom is 0.337 e. The van der Waals surface area contributed by atoms with Gasteiger partial charge in [0.15, 0.2) is 0 Å². The summed E-state index contributed by atoms with van der Waals surface area (Å²) in [5.41, 5.74) is 0.663. The first kappa shape index (κ1) is 13.3. The van der Waals surface area contributed by atoms with Gasteiger partial charge in [0.25, 0.3) is 5.69 Å². The van der Waals surface area contributed by atoms with Gasteiger partial charge >= 0.3 is 5.97 Å². The van der Waals surface area contributed by atoms with Gasteiger partial charge in [-0.25, -0.2) is 4.79 Å². The van der Waals surface area contributed by atoms with Gasteiger partial charge in [-0.3, -0.25) is 10.1 Å². The third kappa shape index (κ3) is 3.01. The molecule has 0 heterocycles. The predicted octanol–water partition coefficient (Wildman–Crippen LogP) is 2.59. The number of anilines is 1. The Morgan fingerprint density at radius 1 is 1.53 bits per heavy atom. The Labute approximate surface area is 110 Å². The lowest BCUT2D eigenvalue weighted by Gasteiger charge is -2.25. The molecular weight excluding hydrogens is 248 g/mol. The molecule has 0 aromatic heterocycles. The Morgan fingerprint density at radius 2 is 2.26 bits per heavy atom. The zero-order valence-electron chi connectivity index (χ0n) is 10.7. The lowest BCUT2D eigenvalue weighted by Crippen LogP contribution is -2.21. The largest absolute Gasteiger partial charge is 0.465 e. The monoisotopic (exact) mass is 264 g/mol. The van der Waals surface area contributed by atoms with E-state index in [2.05, 4.69) is 10.1 Å². The lowest BCUT2D eigenvalue weighted by atomic mass is 9.85. The molecule has 6 nitrogen and oxygen atoms in total. The number of methoxy groups -OCH3 is 1. The molecule has 1 aromatic rings. The Kier molecular flexibility index (Phi) is 3.99. The van der Waals surface area contributed by atoms with Crippen molar-refractivity contribution in [1.29, 1.82) is 0 Å². The molecular formula is C13H16N2O4. The number of hydrogen-bond acceptors (Lipinski definition) is 5. The van der Waals surface area contributed by atoms with E-state index in [1.807, 2.05) is 0 Å². The summed E-state index contributed by atoms with van der Waals surface area (Å²) in [6.07, 6.45) is 3.52. The number of nitrogens with zero attached hydrogens (tertiary/aromatic N) is 1. The third-order valence-electron chi connectivity index (χ3n) is 3.42. The van der Waals surface area contributed by atoms with Gasteiger partial charge in [0.1, 0.15) is 5.69 Å². The molecule has 0 saturated heterocycles. The first-order valence-corrected chi connectivity index (χ1v) is 6.22. The van der Waals surface area contributed by atoms with Crippen LogP contribution in [0.25, 0.3) is 0 Å². The molecule has 1 N–H and O–H groups in total. The number of hydrogen-bond donors (Lipinski definition) is 1. The number of nitro benzene ring substituents is 1. The lowest BCUT2D eigenvalue weighted by molar-refractivity contribution is -0.384. The van der Waals surface area contributed by atoms with E-state index in [9.17, 15) is 14.9 Å². The highest BCUT2D eigenvalue weighted by Gasteiger charge is 2.20. The predicted molar refractivity (Wildman–Crippen MR) is 70.3 cm³/mol. The molecule has 0 bridgehead atoms. The summed E-state index contributed by atoms with van der Waals surface area (Å²) >= 11 is 0. The van der Waals surface area contributed by atoms with Crippen LogP contribution in [0.5, 0.6) is 0 Å². The fraction of sp³-hybridized carbons (Fsp3) is 0.462. The second-order valence-electron chi connectivity index (χ2n) is 4.66. The zero-order chi connectivity index (χ0) is 13.8. The number of rotatable bonds is 5. The van der Waals surface area contributed by atoms with Crippen molar-refractivity contribution >= 4 is 17.3 Å². The molecule has 2 rings (SSSR count). The molecule has 0 aliphatic heterocycles. The van der Waals surface area contributed by atoms with E-state index < -0.39 is 10.9 Å². The van der Waals surface area contributed by atoms with Crippen LogP contribution in [0.15, 0.2) is 18.2 Å². The summed E-state index contributed by atoms with van der Waals surface area (Å²) in [6.45, 7) is 0.700. The maximum absolute atomic E-state index is 11.4. The standard InChI is InChI=1S/C13H16N2O4/c1-19-13(16)10-5-6-12(15(17)18)11(7-10)14-8-9-3-2-4-9/h5-7,9,14H,2-4,8H2,1H3. The van der Waals surface area contributed by atoms with Crippen molar-refractivity contribution in [3.63, 3.8) is 0 Å². The van der Waals surface area contributed by atoms with Crippen molar-refractivity contribution < 1.29 is 14.5 Å². The van der Waals surface area contributed by atoms with E-state index in [4.69, 9.17) is 0 Å². The van der Waals surface area contributed by atoms with Gasteiger partial charge in [0.05, 0.1) is 17.6 Å². The second kappa shape index (κ2) is 5.69. The normalized spacial score (nSPS) is 14.6. The molecule has 1 saturated carbocycles. The fourth-order valence-corrected chi connectivity index (χ4v) is 2.03.